The number of aromatic nitrogens is 3. The van der Waals surface area contributed by atoms with Gasteiger partial charge in [0.15, 0.2) is 5.13 Å². The summed E-state index contributed by atoms with van der Waals surface area (Å²) in [5.74, 6) is 0.551. The first-order valence-corrected chi connectivity index (χ1v) is 6.72. The number of hydrogen-bond donors (Lipinski definition) is 1. The van der Waals surface area contributed by atoms with E-state index in [1.165, 1.54) is 17.5 Å². The first-order valence-electron chi connectivity index (χ1n) is 5.90. The SMILES string of the molecule is COc1ccc2nc(NC(=O)c3cnn(C)c3)sc2c1. The summed E-state index contributed by atoms with van der Waals surface area (Å²) < 4.78 is 7.71. The molecule has 2 heterocycles. The van der Waals surface area contributed by atoms with Crippen LogP contribution >= 0.6 is 11.3 Å². The van der Waals surface area contributed by atoms with Crippen molar-refractivity contribution in [3.8, 4) is 5.75 Å². The molecule has 0 fully saturated rings. The van der Waals surface area contributed by atoms with Crippen LogP contribution in [0, 0.1) is 0 Å². The normalized spacial score (nSPS) is 10.7. The zero-order valence-corrected chi connectivity index (χ0v) is 11.8. The van der Waals surface area contributed by atoms with Crippen molar-refractivity contribution in [2.45, 2.75) is 0 Å². The summed E-state index contributed by atoms with van der Waals surface area (Å²) in [6.07, 6.45) is 3.18. The Morgan fingerprint density at radius 2 is 2.30 bits per heavy atom. The van der Waals surface area contributed by atoms with Gasteiger partial charge < -0.3 is 4.74 Å². The molecule has 1 amide bonds. The van der Waals surface area contributed by atoms with E-state index in [0.29, 0.717) is 10.7 Å². The van der Waals surface area contributed by atoms with E-state index in [1.54, 1.807) is 25.0 Å². The third-order valence-electron chi connectivity index (χ3n) is 2.78. The average molecular weight is 288 g/mol. The standard InChI is InChI=1S/C13H12N4O2S/c1-17-7-8(6-14-17)12(18)16-13-15-10-4-3-9(19-2)5-11(10)20-13/h3-7H,1-2H3,(H,15,16,18). The van der Waals surface area contributed by atoms with Crippen LogP contribution in [0.2, 0.25) is 0 Å². The molecule has 1 aromatic carbocycles. The van der Waals surface area contributed by atoms with Gasteiger partial charge in [0.05, 0.1) is 29.1 Å². The van der Waals surface area contributed by atoms with Gasteiger partial charge in [-0.3, -0.25) is 14.8 Å². The van der Waals surface area contributed by atoms with Gasteiger partial charge in [0.1, 0.15) is 5.75 Å². The van der Waals surface area contributed by atoms with Crippen LogP contribution in [0.4, 0.5) is 5.13 Å². The highest BCUT2D eigenvalue weighted by Gasteiger charge is 2.11. The molecule has 7 heteroatoms. The second-order valence-corrected chi connectivity index (χ2v) is 5.24. The summed E-state index contributed by atoms with van der Waals surface area (Å²) in [6, 6.07) is 5.60. The monoisotopic (exact) mass is 288 g/mol. The number of nitrogens with zero attached hydrogens (tertiary/aromatic N) is 3. The third-order valence-corrected chi connectivity index (χ3v) is 3.72. The number of aryl methyl sites for hydroxylation is 1. The fourth-order valence-corrected chi connectivity index (χ4v) is 2.68. The predicted octanol–water partition coefficient (Wildman–Crippen LogP) is 2.29. The molecule has 0 aliphatic carbocycles. The van der Waals surface area contributed by atoms with E-state index in [2.05, 4.69) is 15.4 Å². The number of benzene rings is 1. The summed E-state index contributed by atoms with van der Waals surface area (Å²) in [5, 5.41) is 7.30. The predicted molar refractivity (Wildman–Crippen MR) is 77.3 cm³/mol. The molecule has 3 aromatic rings. The van der Waals surface area contributed by atoms with Crippen molar-refractivity contribution in [2.75, 3.05) is 12.4 Å². The minimum atomic E-state index is -0.218. The lowest BCUT2D eigenvalue weighted by Gasteiger charge is -1.96. The molecule has 6 nitrogen and oxygen atoms in total. The van der Waals surface area contributed by atoms with Gasteiger partial charge in [-0.25, -0.2) is 4.98 Å². The Hall–Kier alpha value is -2.41. The van der Waals surface area contributed by atoms with Crippen molar-refractivity contribution < 1.29 is 9.53 Å². The number of carbonyl (C=O) groups excluding carboxylic acids is 1. The molecule has 3 rings (SSSR count). The van der Waals surface area contributed by atoms with E-state index >= 15 is 0 Å². The van der Waals surface area contributed by atoms with Crippen molar-refractivity contribution >= 4 is 32.6 Å². The maximum atomic E-state index is 12.0. The molecule has 0 atom stereocenters. The molecule has 0 spiro atoms. The van der Waals surface area contributed by atoms with Gasteiger partial charge in [-0.15, -0.1) is 0 Å². The molecule has 0 saturated heterocycles. The number of amides is 1. The minimum absolute atomic E-state index is 0.218. The molecule has 2 aromatic heterocycles. The molecule has 0 radical (unpaired) electrons. The Balaban J connectivity index is 1.85. The zero-order valence-electron chi connectivity index (χ0n) is 11.0. The minimum Gasteiger partial charge on any atom is -0.497 e. The molecule has 0 saturated carbocycles. The van der Waals surface area contributed by atoms with Crippen LogP contribution in [0.3, 0.4) is 0 Å². The van der Waals surface area contributed by atoms with E-state index in [1.807, 2.05) is 18.2 Å². The molecular weight excluding hydrogens is 276 g/mol. The first-order chi connectivity index (χ1) is 9.65. The van der Waals surface area contributed by atoms with Gasteiger partial charge in [0.2, 0.25) is 0 Å². The van der Waals surface area contributed by atoms with Crippen LogP contribution in [-0.2, 0) is 7.05 Å². The van der Waals surface area contributed by atoms with Gasteiger partial charge in [-0.2, -0.15) is 5.10 Å². The molecule has 0 aliphatic rings. The number of ether oxygens (including phenoxy) is 1. The molecule has 102 valence electrons. The van der Waals surface area contributed by atoms with E-state index in [-0.39, 0.29) is 5.91 Å². The lowest BCUT2D eigenvalue weighted by molar-refractivity contribution is 0.102. The number of nitrogens with one attached hydrogen (secondary N) is 1. The van der Waals surface area contributed by atoms with Crippen molar-refractivity contribution in [1.82, 2.24) is 14.8 Å². The Kier molecular flexibility index (Phi) is 3.11. The molecular formula is C13H12N4O2S. The topological polar surface area (TPSA) is 69.0 Å². The smallest absolute Gasteiger partial charge is 0.260 e. The van der Waals surface area contributed by atoms with Crippen molar-refractivity contribution in [1.29, 1.82) is 0 Å². The molecule has 0 unspecified atom stereocenters. The van der Waals surface area contributed by atoms with Gasteiger partial charge in [-0.1, -0.05) is 11.3 Å². The average Bonchev–Trinajstić information content (AvgIpc) is 3.03. The van der Waals surface area contributed by atoms with Gasteiger partial charge in [0, 0.05) is 13.2 Å². The maximum absolute atomic E-state index is 12.0. The lowest BCUT2D eigenvalue weighted by atomic mass is 10.3. The lowest BCUT2D eigenvalue weighted by Crippen LogP contribution is -2.10. The summed E-state index contributed by atoms with van der Waals surface area (Å²) >= 11 is 1.41. The number of fused-ring (bicyclic) bond motifs is 1. The van der Waals surface area contributed by atoms with Crippen LogP contribution < -0.4 is 10.1 Å². The quantitative estimate of drug-likeness (QED) is 0.803. The maximum Gasteiger partial charge on any atom is 0.260 e. The van der Waals surface area contributed by atoms with Crippen LogP contribution in [0.1, 0.15) is 10.4 Å². The molecule has 0 bridgehead atoms. The van der Waals surface area contributed by atoms with Crippen LogP contribution in [0.5, 0.6) is 5.75 Å². The van der Waals surface area contributed by atoms with Gasteiger partial charge in [0.25, 0.3) is 5.91 Å². The first kappa shape index (κ1) is 12.6. The highest BCUT2D eigenvalue weighted by atomic mass is 32.1. The number of hydrogen-bond acceptors (Lipinski definition) is 5. The number of thiazole rings is 1. The van der Waals surface area contributed by atoms with E-state index in [0.717, 1.165) is 16.0 Å². The van der Waals surface area contributed by atoms with Crippen LogP contribution in [0.25, 0.3) is 10.2 Å². The fraction of sp³-hybridized carbons (Fsp3) is 0.154. The van der Waals surface area contributed by atoms with E-state index in [4.69, 9.17) is 4.74 Å². The van der Waals surface area contributed by atoms with E-state index < -0.39 is 0 Å². The molecule has 1 N–H and O–H groups in total. The second kappa shape index (κ2) is 4.93. The fourth-order valence-electron chi connectivity index (χ4n) is 1.79. The Labute approximate surface area is 119 Å². The zero-order chi connectivity index (χ0) is 14.1. The summed E-state index contributed by atoms with van der Waals surface area (Å²) in [7, 11) is 3.38. The molecule has 20 heavy (non-hydrogen) atoms. The van der Waals surface area contributed by atoms with Crippen molar-refractivity contribution in [3.63, 3.8) is 0 Å². The van der Waals surface area contributed by atoms with E-state index in [9.17, 15) is 4.79 Å². The summed E-state index contributed by atoms with van der Waals surface area (Å²) in [6.45, 7) is 0. The number of anilines is 1. The Bertz CT molecular complexity index is 778. The number of rotatable bonds is 3. The van der Waals surface area contributed by atoms with Gasteiger partial charge >= 0.3 is 0 Å². The van der Waals surface area contributed by atoms with Crippen LogP contribution in [0.15, 0.2) is 30.6 Å². The Morgan fingerprint density at radius 1 is 1.45 bits per heavy atom. The largest absolute Gasteiger partial charge is 0.497 e. The van der Waals surface area contributed by atoms with Crippen LogP contribution in [-0.4, -0.2) is 27.8 Å². The van der Waals surface area contributed by atoms with Crippen molar-refractivity contribution in [2.24, 2.45) is 7.05 Å². The number of carbonyl (C=O) groups is 1. The highest BCUT2D eigenvalue weighted by Crippen LogP contribution is 2.29. The molecule has 0 aliphatic heterocycles. The third kappa shape index (κ3) is 2.35. The van der Waals surface area contributed by atoms with Gasteiger partial charge in [-0.05, 0) is 18.2 Å². The summed E-state index contributed by atoms with van der Waals surface area (Å²) in [5.41, 5.74) is 1.33. The Morgan fingerprint density at radius 3 is 3.00 bits per heavy atom. The second-order valence-electron chi connectivity index (χ2n) is 4.21. The highest BCUT2D eigenvalue weighted by molar-refractivity contribution is 7.22. The summed E-state index contributed by atoms with van der Waals surface area (Å²) in [4.78, 5) is 16.4. The van der Waals surface area contributed by atoms with Crippen molar-refractivity contribution in [3.05, 3.63) is 36.2 Å². The number of methoxy groups -OCH3 is 1.